The van der Waals surface area contributed by atoms with Gasteiger partial charge in [-0.15, -0.1) is 0 Å². The van der Waals surface area contributed by atoms with Crippen LogP contribution in [0.2, 0.25) is 0 Å². The molecule has 7 nitrogen and oxygen atoms in total. The molecular formula is C18H28N4O3S. The van der Waals surface area contributed by atoms with E-state index in [1.165, 1.54) is 0 Å². The number of hydrogen-bond acceptors (Lipinski definition) is 5. The summed E-state index contributed by atoms with van der Waals surface area (Å²) in [7, 11) is -3.42. The molecule has 0 bridgehead atoms. The number of hydrogen-bond donors (Lipinski definition) is 0. The van der Waals surface area contributed by atoms with Crippen LogP contribution in [0.4, 0.5) is 0 Å². The van der Waals surface area contributed by atoms with Gasteiger partial charge in [0.2, 0.25) is 0 Å². The molecule has 1 aromatic rings. The minimum atomic E-state index is -3.42. The Labute approximate surface area is 155 Å². The van der Waals surface area contributed by atoms with Crippen molar-refractivity contribution >= 4 is 10.2 Å². The summed E-state index contributed by atoms with van der Waals surface area (Å²) < 4.78 is 35.6. The molecule has 26 heavy (non-hydrogen) atoms. The summed E-state index contributed by atoms with van der Waals surface area (Å²) in [6.45, 7) is 6.90. The number of aromatic nitrogens is 2. The molecule has 2 fully saturated rings. The third-order valence-corrected chi connectivity index (χ3v) is 7.70. The van der Waals surface area contributed by atoms with Crippen molar-refractivity contribution in [3.05, 3.63) is 23.3 Å². The number of ether oxygens (including phenoxy) is 1. The molecule has 8 heteroatoms. The summed E-state index contributed by atoms with van der Waals surface area (Å²) in [5.74, 6) is 1.03. The lowest BCUT2D eigenvalue weighted by atomic mass is 9.85. The van der Waals surface area contributed by atoms with Crippen LogP contribution in [-0.4, -0.2) is 59.8 Å². The van der Waals surface area contributed by atoms with Crippen LogP contribution in [0.25, 0.3) is 0 Å². The molecule has 0 saturated carbocycles. The predicted octanol–water partition coefficient (Wildman–Crippen LogP) is 1.80. The Balaban J connectivity index is 1.68. The lowest BCUT2D eigenvalue weighted by Crippen LogP contribution is -2.55. The van der Waals surface area contributed by atoms with Crippen molar-refractivity contribution in [2.75, 3.05) is 32.8 Å². The number of nitrogens with zero attached hydrogens (tertiary/aromatic N) is 4. The van der Waals surface area contributed by atoms with E-state index in [2.05, 4.69) is 18.8 Å². The van der Waals surface area contributed by atoms with Gasteiger partial charge >= 0.3 is 0 Å². The van der Waals surface area contributed by atoms with Crippen molar-refractivity contribution in [1.82, 2.24) is 18.6 Å². The number of fused-ring (bicyclic) bond motifs is 2. The molecule has 0 amide bonds. The Bertz CT molecular complexity index is 777. The van der Waals surface area contributed by atoms with Crippen LogP contribution in [-0.2, 0) is 27.0 Å². The Kier molecular flexibility index (Phi) is 4.79. The summed E-state index contributed by atoms with van der Waals surface area (Å²) in [5, 5.41) is 0. The molecule has 0 unspecified atom stereocenters. The minimum Gasteiger partial charge on any atom is -0.367 e. The largest absolute Gasteiger partial charge is 0.367 e. The van der Waals surface area contributed by atoms with E-state index in [0.717, 1.165) is 49.2 Å². The summed E-state index contributed by atoms with van der Waals surface area (Å²) in [5.41, 5.74) is 1.37. The van der Waals surface area contributed by atoms with Gasteiger partial charge in [0.1, 0.15) is 11.4 Å². The molecule has 3 aliphatic heterocycles. The number of rotatable bonds is 3. The zero-order valence-electron chi connectivity index (χ0n) is 15.6. The normalized spacial score (nSPS) is 28.0. The zero-order valence-corrected chi connectivity index (χ0v) is 16.5. The molecule has 2 saturated heterocycles. The highest BCUT2D eigenvalue weighted by atomic mass is 32.2. The van der Waals surface area contributed by atoms with E-state index in [-0.39, 0.29) is 5.92 Å². The third-order valence-electron chi connectivity index (χ3n) is 5.72. The van der Waals surface area contributed by atoms with Gasteiger partial charge in [-0.05, 0) is 37.7 Å². The molecule has 0 aliphatic carbocycles. The lowest BCUT2D eigenvalue weighted by Gasteiger charge is -2.45. The zero-order chi connectivity index (χ0) is 18.4. The second-order valence-electron chi connectivity index (χ2n) is 7.90. The highest BCUT2D eigenvalue weighted by Gasteiger charge is 2.47. The average molecular weight is 381 g/mol. The summed E-state index contributed by atoms with van der Waals surface area (Å²) in [4.78, 5) is 9.33. The van der Waals surface area contributed by atoms with E-state index >= 15 is 0 Å². The van der Waals surface area contributed by atoms with Crippen LogP contribution in [0.15, 0.2) is 6.20 Å². The average Bonchev–Trinajstić information content (AvgIpc) is 3.17. The Hall–Kier alpha value is -1.09. The number of piperidine rings is 1. The standard InChI is InChI=1S/C18H28N4O3S/c1-14(2)17-19-12-15-6-11-25-18(16(15)20-17)7-5-10-22(13-18)26(23,24)21-8-3-4-9-21/h12,14H,3-11,13H2,1-2H3/t18-/m1/s1. The maximum atomic E-state index is 13.1. The van der Waals surface area contributed by atoms with E-state index in [1.54, 1.807) is 8.61 Å². The van der Waals surface area contributed by atoms with Gasteiger partial charge in [-0.3, -0.25) is 0 Å². The molecule has 1 aromatic heterocycles. The lowest BCUT2D eigenvalue weighted by molar-refractivity contribution is -0.0942. The topological polar surface area (TPSA) is 75.6 Å². The van der Waals surface area contributed by atoms with Crippen LogP contribution in [0.1, 0.15) is 62.5 Å². The highest BCUT2D eigenvalue weighted by molar-refractivity contribution is 7.86. The summed E-state index contributed by atoms with van der Waals surface area (Å²) in [6, 6.07) is 0. The van der Waals surface area contributed by atoms with E-state index in [4.69, 9.17) is 9.72 Å². The van der Waals surface area contributed by atoms with Crippen LogP contribution >= 0.6 is 0 Å². The van der Waals surface area contributed by atoms with Gasteiger partial charge in [-0.2, -0.15) is 17.0 Å². The molecular weight excluding hydrogens is 352 g/mol. The van der Waals surface area contributed by atoms with Crippen molar-refractivity contribution in [2.24, 2.45) is 0 Å². The van der Waals surface area contributed by atoms with Gasteiger partial charge in [-0.1, -0.05) is 13.8 Å². The molecule has 1 spiro atoms. The molecule has 0 aromatic carbocycles. The van der Waals surface area contributed by atoms with Gasteiger partial charge in [0.05, 0.1) is 12.3 Å². The van der Waals surface area contributed by atoms with Crippen molar-refractivity contribution in [3.63, 3.8) is 0 Å². The maximum absolute atomic E-state index is 13.1. The second-order valence-corrected chi connectivity index (χ2v) is 9.83. The SMILES string of the molecule is CC(C)c1ncc2c(n1)[C@]1(CCCN(S(=O)(=O)N3CCCC3)C1)OCC2. The molecule has 0 N–H and O–H groups in total. The summed E-state index contributed by atoms with van der Waals surface area (Å²) in [6.07, 6.45) is 6.18. The van der Waals surface area contributed by atoms with E-state index in [0.29, 0.717) is 32.8 Å². The van der Waals surface area contributed by atoms with E-state index < -0.39 is 15.8 Å². The van der Waals surface area contributed by atoms with Crippen molar-refractivity contribution in [3.8, 4) is 0 Å². The molecule has 0 radical (unpaired) electrons. The van der Waals surface area contributed by atoms with Crippen molar-refractivity contribution in [2.45, 2.75) is 57.5 Å². The monoisotopic (exact) mass is 380 g/mol. The van der Waals surface area contributed by atoms with Gasteiger partial charge in [0.15, 0.2) is 0 Å². The van der Waals surface area contributed by atoms with Gasteiger partial charge in [0, 0.05) is 38.3 Å². The minimum absolute atomic E-state index is 0.229. The first-order valence-corrected chi connectivity index (χ1v) is 11.1. The molecule has 3 aliphatic rings. The van der Waals surface area contributed by atoms with Gasteiger partial charge in [-0.25, -0.2) is 9.97 Å². The van der Waals surface area contributed by atoms with Crippen LogP contribution in [0.5, 0.6) is 0 Å². The Morgan fingerprint density at radius 1 is 1.15 bits per heavy atom. The fourth-order valence-corrected chi connectivity index (χ4v) is 6.05. The van der Waals surface area contributed by atoms with E-state index in [1.807, 2.05) is 6.20 Å². The van der Waals surface area contributed by atoms with Crippen molar-refractivity contribution < 1.29 is 13.2 Å². The molecule has 144 valence electrons. The Morgan fingerprint density at radius 2 is 1.88 bits per heavy atom. The first-order chi connectivity index (χ1) is 12.4. The smallest absolute Gasteiger partial charge is 0.282 e. The predicted molar refractivity (Wildman–Crippen MR) is 98.0 cm³/mol. The molecule has 4 rings (SSSR count). The maximum Gasteiger partial charge on any atom is 0.282 e. The second kappa shape index (κ2) is 6.82. The quantitative estimate of drug-likeness (QED) is 0.799. The third kappa shape index (κ3) is 3.06. The van der Waals surface area contributed by atoms with Gasteiger partial charge < -0.3 is 4.74 Å². The van der Waals surface area contributed by atoms with E-state index in [9.17, 15) is 8.42 Å². The van der Waals surface area contributed by atoms with Crippen molar-refractivity contribution in [1.29, 1.82) is 0 Å². The summed E-state index contributed by atoms with van der Waals surface area (Å²) >= 11 is 0. The fourth-order valence-electron chi connectivity index (χ4n) is 4.27. The first-order valence-electron chi connectivity index (χ1n) is 9.68. The van der Waals surface area contributed by atoms with Gasteiger partial charge in [0.25, 0.3) is 10.2 Å². The van der Waals surface area contributed by atoms with Crippen LogP contribution in [0, 0.1) is 0 Å². The Morgan fingerprint density at radius 3 is 2.62 bits per heavy atom. The molecule has 1 atom stereocenters. The first kappa shape index (κ1) is 18.3. The molecule has 4 heterocycles. The van der Waals surface area contributed by atoms with Crippen LogP contribution in [0.3, 0.4) is 0 Å². The van der Waals surface area contributed by atoms with Crippen LogP contribution < -0.4 is 0 Å². The fraction of sp³-hybridized carbons (Fsp3) is 0.778. The highest BCUT2D eigenvalue weighted by Crippen LogP contribution is 2.40.